The normalized spacial score (nSPS) is 11.5. The Morgan fingerprint density at radius 3 is 3.09 bits per heavy atom. The van der Waals surface area contributed by atoms with Crippen LogP contribution in [0.5, 0.6) is 0 Å². The molecule has 3 nitrogen and oxygen atoms in total. The predicted molar refractivity (Wildman–Crippen MR) is 42.1 cm³/mol. The molecule has 0 fully saturated rings. The third-order valence-electron chi connectivity index (χ3n) is 1.38. The number of nitrogens with zero attached hydrogens (tertiary/aromatic N) is 3. The molecule has 0 aliphatic rings. The summed E-state index contributed by atoms with van der Waals surface area (Å²) in [6, 6.07) is 2.06. The van der Waals surface area contributed by atoms with Gasteiger partial charge in [0.1, 0.15) is 5.52 Å². The van der Waals surface area contributed by atoms with Crippen LogP contribution in [0.4, 0.5) is 0 Å². The van der Waals surface area contributed by atoms with Gasteiger partial charge in [-0.1, -0.05) is 0 Å². The van der Waals surface area contributed by atoms with Crippen LogP contribution in [0.1, 0.15) is 7.06 Å². The second kappa shape index (κ2) is 2.27. The van der Waals surface area contributed by atoms with Gasteiger partial charge in [-0.2, -0.15) is 0 Å². The molecule has 0 aliphatic heterocycles. The maximum atomic E-state index is 7.56. The van der Waals surface area contributed by atoms with Crippen LogP contribution in [0.2, 0.25) is 0 Å². The van der Waals surface area contributed by atoms with E-state index < -0.39 is 0 Å². The smallest absolute Gasteiger partial charge is 0.178 e. The standard InChI is InChI=1S/C8H7N3/c1-6-2-3-7-8(11-6)10-5-4-9-7/h2-5H,1H3/i3D. The highest BCUT2D eigenvalue weighted by Gasteiger charge is 1.93. The minimum atomic E-state index is 0.380. The number of hydrogen-bond acceptors (Lipinski definition) is 3. The van der Waals surface area contributed by atoms with Crippen molar-refractivity contribution in [2.24, 2.45) is 0 Å². The molecule has 0 aliphatic carbocycles. The average Bonchev–Trinajstić information content (AvgIpc) is 2.04. The summed E-state index contributed by atoms with van der Waals surface area (Å²) in [5, 5.41) is 0. The largest absolute Gasteiger partial charge is 0.251 e. The maximum absolute atomic E-state index is 7.56. The predicted octanol–water partition coefficient (Wildman–Crippen LogP) is 1.33. The Balaban J connectivity index is 2.89. The third kappa shape index (κ3) is 1.05. The molecule has 0 spiro atoms. The van der Waals surface area contributed by atoms with Crippen LogP contribution in [-0.2, 0) is 0 Å². The molecule has 0 bridgehead atoms. The summed E-state index contributed by atoms with van der Waals surface area (Å²) in [7, 11) is 0. The second-order valence-electron chi connectivity index (χ2n) is 2.27. The Morgan fingerprint density at radius 1 is 1.36 bits per heavy atom. The Morgan fingerprint density at radius 2 is 2.18 bits per heavy atom. The molecular weight excluding hydrogens is 138 g/mol. The van der Waals surface area contributed by atoms with Crippen LogP contribution in [0.15, 0.2) is 24.5 Å². The van der Waals surface area contributed by atoms with E-state index >= 15 is 0 Å². The van der Waals surface area contributed by atoms with Gasteiger partial charge in [-0.15, -0.1) is 0 Å². The summed E-state index contributed by atoms with van der Waals surface area (Å²) in [5.74, 6) is 0. The van der Waals surface area contributed by atoms with E-state index in [0.29, 0.717) is 17.2 Å². The first-order valence-corrected chi connectivity index (χ1v) is 3.32. The van der Waals surface area contributed by atoms with Gasteiger partial charge >= 0.3 is 0 Å². The Labute approximate surface area is 65.5 Å². The number of aryl methyl sites for hydroxylation is 1. The molecule has 2 heterocycles. The first-order valence-electron chi connectivity index (χ1n) is 3.82. The van der Waals surface area contributed by atoms with Crippen molar-refractivity contribution in [1.82, 2.24) is 15.0 Å². The molecule has 0 atom stereocenters. The van der Waals surface area contributed by atoms with Gasteiger partial charge in [0.25, 0.3) is 0 Å². The van der Waals surface area contributed by atoms with Crippen LogP contribution >= 0.6 is 0 Å². The number of aromatic nitrogens is 3. The number of pyridine rings is 1. The summed E-state index contributed by atoms with van der Waals surface area (Å²) in [6.45, 7) is 1.84. The first kappa shape index (κ1) is 5.18. The summed E-state index contributed by atoms with van der Waals surface area (Å²) < 4.78 is 7.56. The number of hydrogen-bond donors (Lipinski definition) is 0. The van der Waals surface area contributed by atoms with Crippen LogP contribution in [-0.4, -0.2) is 15.0 Å². The molecule has 0 unspecified atom stereocenters. The van der Waals surface area contributed by atoms with Crippen molar-refractivity contribution in [2.75, 3.05) is 0 Å². The van der Waals surface area contributed by atoms with Crippen molar-refractivity contribution in [2.45, 2.75) is 6.92 Å². The quantitative estimate of drug-likeness (QED) is 0.562. The van der Waals surface area contributed by atoms with Crippen molar-refractivity contribution in [3.05, 3.63) is 30.2 Å². The van der Waals surface area contributed by atoms with Crippen molar-refractivity contribution in [3.63, 3.8) is 0 Å². The first-order chi connectivity index (χ1) is 5.77. The summed E-state index contributed by atoms with van der Waals surface area (Å²) in [5.41, 5.74) is 1.90. The van der Waals surface area contributed by atoms with Gasteiger partial charge in [0.15, 0.2) is 5.65 Å². The van der Waals surface area contributed by atoms with Gasteiger partial charge in [0, 0.05) is 18.1 Å². The van der Waals surface area contributed by atoms with E-state index in [1.165, 1.54) is 0 Å². The molecule has 0 saturated heterocycles. The van der Waals surface area contributed by atoms with Gasteiger partial charge in [-0.3, -0.25) is 4.98 Å². The Kier molecular flexibility index (Phi) is 1.07. The van der Waals surface area contributed by atoms with Gasteiger partial charge in [-0.05, 0) is 19.0 Å². The number of fused-ring (bicyclic) bond motifs is 1. The summed E-state index contributed by atoms with van der Waals surface area (Å²) in [4.78, 5) is 12.2. The van der Waals surface area contributed by atoms with E-state index in [2.05, 4.69) is 15.0 Å². The van der Waals surface area contributed by atoms with Gasteiger partial charge in [-0.25, -0.2) is 9.97 Å². The van der Waals surface area contributed by atoms with E-state index in [0.717, 1.165) is 5.69 Å². The molecule has 54 valence electrons. The van der Waals surface area contributed by atoms with E-state index in [1.54, 1.807) is 18.5 Å². The zero-order chi connectivity index (χ0) is 8.55. The second-order valence-corrected chi connectivity index (χ2v) is 2.27. The molecule has 0 N–H and O–H groups in total. The fraction of sp³-hybridized carbons (Fsp3) is 0.125. The van der Waals surface area contributed by atoms with E-state index in [4.69, 9.17) is 1.37 Å². The van der Waals surface area contributed by atoms with Crippen molar-refractivity contribution >= 4 is 11.2 Å². The van der Waals surface area contributed by atoms with E-state index in [-0.39, 0.29) is 0 Å². The molecule has 0 aromatic carbocycles. The fourth-order valence-electron chi connectivity index (χ4n) is 0.886. The minimum Gasteiger partial charge on any atom is -0.251 e. The van der Waals surface area contributed by atoms with Crippen molar-refractivity contribution in [3.8, 4) is 0 Å². The van der Waals surface area contributed by atoms with Crippen LogP contribution in [0.3, 0.4) is 0 Å². The van der Waals surface area contributed by atoms with Gasteiger partial charge < -0.3 is 0 Å². The fourth-order valence-corrected chi connectivity index (χ4v) is 0.886. The highest BCUT2D eigenvalue weighted by atomic mass is 14.9. The lowest BCUT2D eigenvalue weighted by Crippen LogP contribution is -1.87. The Hall–Kier alpha value is -1.51. The van der Waals surface area contributed by atoms with Crippen molar-refractivity contribution in [1.29, 1.82) is 0 Å². The number of rotatable bonds is 0. The molecule has 0 amide bonds. The zero-order valence-electron chi connectivity index (χ0n) is 7.07. The average molecular weight is 146 g/mol. The monoisotopic (exact) mass is 146 g/mol. The lowest BCUT2D eigenvalue weighted by Gasteiger charge is -1.94. The highest BCUT2D eigenvalue weighted by molar-refractivity contribution is 5.68. The summed E-state index contributed by atoms with van der Waals surface area (Å²) >= 11 is 0. The lowest BCUT2D eigenvalue weighted by molar-refractivity contribution is 1.17. The topological polar surface area (TPSA) is 38.7 Å². The minimum absolute atomic E-state index is 0.380. The van der Waals surface area contributed by atoms with Crippen LogP contribution < -0.4 is 0 Å². The lowest BCUT2D eigenvalue weighted by atomic mass is 10.3. The van der Waals surface area contributed by atoms with Crippen LogP contribution in [0, 0.1) is 6.92 Å². The molecular formula is C8H7N3. The zero-order valence-corrected chi connectivity index (χ0v) is 6.07. The Bertz CT molecular complexity index is 428. The molecule has 11 heavy (non-hydrogen) atoms. The molecule has 2 aromatic heterocycles. The van der Waals surface area contributed by atoms with Crippen molar-refractivity contribution < 1.29 is 1.37 Å². The highest BCUT2D eigenvalue weighted by Crippen LogP contribution is 2.04. The van der Waals surface area contributed by atoms with E-state index in [9.17, 15) is 0 Å². The molecule has 3 heteroatoms. The molecule has 2 aromatic rings. The maximum Gasteiger partial charge on any atom is 0.178 e. The van der Waals surface area contributed by atoms with Gasteiger partial charge in [0.2, 0.25) is 0 Å². The molecule has 0 saturated carbocycles. The molecule has 0 radical (unpaired) electrons. The molecule has 2 rings (SSSR count). The SMILES string of the molecule is [2H]c1cc(C)nc2nccnc12. The summed E-state index contributed by atoms with van der Waals surface area (Å²) in [6.07, 6.45) is 3.14. The third-order valence-corrected chi connectivity index (χ3v) is 1.38. The van der Waals surface area contributed by atoms with Crippen LogP contribution in [0.25, 0.3) is 11.2 Å². The van der Waals surface area contributed by atoms with E-state index in [1.807, 2.05) is 6.92 Å². The van der Waals surface area contributed by atoms with Gasteiger partial charge in [0.05, 0.1) is 1.37 Å².